The number of benzene rings is 3. The molecule has 0 saturated carbocycles. The zero-order valence-corrected chi connectivity index (χ0v) is 20.7. The summed E-state index contributed by atoms with van der Waals surface area (Å²) in [5, 5.41) is 1.73. The summed E-state index contributed by atoms with van der Waals surface area (Å²) in [5.41, 5.74) is 0.716. The lowest BCUT2D eigenvalue weighted by atomic mass is 10.2. The van der Waals surface area contributed by atoms with Crippen molar-refractivity contribution in [2.24, 2.45) is 0 Å². The summed E-state index contributed by atoms with van der Waals surface area (Å²) in [5.74, 6) is 3.22. The van der Waals surface area contributed by atoms with E-state index in [0.717, 1.165) is 5.39 Å². The Morgan fingerprint density at radius 3 is 2.29 bits per heavy atom. The summed E-state index contributed by atoms with van der Waals surface area (Å²) < 4.78 is 35.1. The normalized spacial score (nSPS) is 11.8. The molecule has 0 spiro atoms. The van der Waals surface area contributed by atoms with Gasteiger partial charge in [-0.25, -0.2) is 0 Å². The molecule has 1 aromatic heterocycles. The topological polar surface area (TPSA) is 72.9 Å². The van der Waals surface area contributed by atoms with Crippen molar-refractivity contribution in [3.05, 3.63) is 76.9 Å². The summed E-state index contributed by atoms with van der Waals surface area (Å²) in [6.07, 6.45) is 1.67. The molecule has 9 heteroatoms. The van der Waals surface area contributed by atoms with Crippen molar-refractivity contribution < 1.29 is 23.5 Å². The van der Waals surface area contributed by atoms with Crippen LogP contribution in [0.4, 0.5) is 0 Å². The second-order valence-corrected chi connectivity index (χ2v) is 9.49. The van der Waals surface area contributed by atoms with Crippen LogP contribution in [-0.2, 0) is 11.2 Å². The second kappa shape index (κ2) is 11.1. The average Bonchev–Trinajstić information content (AvgIpc) is 2.85. The smallest absolute Gasteiger partial charge is 0.162 e. The van der Waals surface area contributed by atoms with Crippen LogP contribution in [0, 0.1) is 0 Å². The Balaban J connectivity index is 1.42. The van der Waals surface area contributed by atoms with Gasteiger partial charge in [-0.05, 0) is 65.8 Å². The molecule has 4 aromatic rings. The number of rotatable bonds is 9. The molecule has 0 aliphatic carbocycles. The van der Waals surface area contributed by atoms with Crippen molar-refractivity contribution in [3.8, 4) is 28.7 Å². The van der Waals surface area contributed by atoms with Crippen LogP contribution < -0.4 is 18.9 Å². The van der Waals surface area contributed by atoms with Crippen LogP contribution in [0.1, 0.15) is 0 Å². The Morgan fingerprint density at radius 2 is 1.59 bits per heavy atom. The molecule has 176 valence electrons. The molecule has 0 aliphatic rings. The minimum Gasteiger partial charge on any atom is -0.611 e. The number of methoxy groups -OCH3 is 2. The van der Waals surface area contributed by atoms with Crippen molar-refractivity contribution in [3.63, 3.8) is 0 Å². The maximum atomic E-state index is 12.7. The largest absolute Gasteiger partial charge is 0.611 e. The second-order valence-electron chi connectivity index (χ2n) is 7.08. The first-order valence-corrected chi connectivity index (χ1v) is 12.3. The van der Waals surface area contributed by atoms with Gasteiger partial charge < -0.3 is 23.5 Å². The number of hydrogen-bond donors (Lipinski definition) is 0. The molecule has 34 heavy (non-hydrogen) atoms. The van der Waals surface area contributed by atoms with E-state index < -0.39 is 11.2 Å². The number of hydrogen-bond acceptors (Lipinski definition) is 6. The standard InChI is InChI=1S/C25H21Cl2NO5S/c1-30-24-14-19-21(15-25(24)31-2)28-10-9-22(19)33-17-4-6-18(7-5-17)34(29)12-11-32-23-8-3-16(26)13-20(23)27/h3-10,13-15H,11-12H2,1-2H3. The molecule has 3 aromatic carbocycles. The molecule has 0 fully saturated rings. The summed E-state index contributed by atoms with van der Waals surface area (Å²) in [6, 6.07) is 17.5. The van der Waals surface area contributed by atoms with Crippen molar-refractivity contribution >= 4 is 45.3 Å². The van der Waals surface area contributed by atoms with Gasteiger partial charge in [0.15, 0.2) is 16.4 Å². The number of halogens is 2. The lowest BCUT2D eigenvalue weighted by Crippen LogP contribution is -2.14. The van der Waals surface area contributed by atoms with Gasteiger partial charge in [-0.3, -0.25) is 4.98 Å². The van der Waals surface area contributed by atoms with E-state index in [1.807, 2.05) is 6.07 Å². The summed E-state index contributed by atoms with van der Waals surface area (Å²) >= 11 is 10.7. The van der Waals surface area contributed by atoms with Crippen molar-refractivity contribution in [1.29, 1.82) is 0 Å². The lowest BCUT2D eigenvalue weighted by Gasteiger charge is -2.14. The Morgan fingerprint density at radius 1 is 0.853 bits per heavy atom. The van der Waals surface area contributed by atoms with Gasteiger partial charge in [-0.15, -0.1) is 0 Å². The van der Waals surface area contributed by atoms with Gasteiger partial charge in [0.25, 0.3) is 0 Å². The Bertz CT molecular complexity index is 1290. The fourth-order valence-electron chi connectivity index (χ4n) is 3.26. The predicted molar refractivity (Wildman–Crippen MR) is 135 cm³/mol. The van der Waals surface area contributed by atoms with Gasteiger partial charge >= 0.3 is 0 Å². The first kappa shape index (κ1) is 24.3. The minimum atomic E-state index is -1.24. The number of fused-ring (bicyclic) bond motifs is 1. The molecule has 0 aliphatic heterocycles. The van der Waals surface area contributed by atoms with Gasteiger partial charge in [0.2, 0.25) is 0 Å². The highest BCUT2D eigenvalue weighted by Crippen LogP contribution is 2.37. The Kier molecular flexibility index (Phi) is 7.90. The van der Waals surface area contributed by atoms with Crippen LogP contribution in [0.5, 0.6) is 28.7 Å². The van der Waals surface area contributed by atoms with Crippen LogP contribution in [0.2, 0.25) is 10.0 Å². The number of pyridine rings is 1. The van der Waals surface area contributed by atoms with Crippen LogP contribution in [0.25, 0.3) is 10.9 Å². The van der Waals surface area contributed by atoms with E-state index in [-0.39, 0.29) is 6.61 Å². The van der Waals surface area contributed by atoms with E-state index >= 15 is 0 Å². The third kappa shape index (κ3) is 5.62. The van der Waals surface area contributed by atoms with E-state index in [4.69, 9.17) is 42.1 Å². The molecule has 0 radical (unpaired) electrons. The minimum absolute atomic E-state index is 0.251. The first-order valence-electron chi connectivity index (χ1n) is 10.2. The monoisotopic (exact) mass is 517 g/mol. The fraction of sp³-hybridized carbons (Fsp3) is 0.160. The maximum Gasteiger partial charge on any atom is 0.162 e. The number of ether oxygens (including phenoxy) is 4. The third-order valence-corrected chi connectivity index (χ3v) is 6.81. The molecular formula is C25H21Cl2NO5S. The Labute approximate surface area is 210 Å². The average molecular weight is 518 g/mol. The lowest BCUT2D eigenvalue weighted by molar-refractivity contribution is 0.341. The van der Waals surface area contributed by atoms with E-state index in [2.05, 4.69) is 4.98 Å². The van der Waals surface area contributed by atoms with E-state index in [0.29, 0.717) is 55.0 Å². The Hall–Kier alpha value is -2.84. The molecule has 6 nitrogen and oxygen atoms in total. The van der Waals surface area contributed by atoms with Gasteiger partial charge in [0.05, 0.1) is 24.8 Å². The molecule has 1 heterocycles. The predicted octanol–water partition coefficient (Wildman–Crippen LogP) is 6.54. The van der Waals surface area contributed by atoms with Gasteiger partial charge in [0, 0.05) is 22.7 Å². The summed E-state index contributed by atoms with van der Waals surface area (Å²) in [4.78, 5) is 5.05. The number of nitrogens with zero attached hydrogens (tertiary/aromatic N) is 1. The molecule has 0 N–H and O–H groups in total. The van der Waals surface area contributed by atoms with Crippen LogP contribution >= 0.6 is 23.2 Å². The van der Waals surface area contributed by atoms with E-state index in [1.165, 1.54) is 0 Å². The zero-order chi connectivity index (χ0) is 24.1. The number of aromatic nitrogens is 1. The zero-order valence-electron chi connectivity index (χ0n) is 18.4. The van der Waals surface area contributed by atoms with E-state index in [1.54, 1.807) is 75.0 Å². The molecule has 1 atom stereocenters. The highest BCUT2D eigenvalue weighted by atomic mass is 35.5. The third-order valence-electron chi connectivity index (χ3n) is 4.94. The highest BCUT2D eigenvalue weighted by molar-refractivity contribution is 7.91. The SMILES string of the molecule is COc1cc2nccc(Oc3ccc([S+]([O-])CCOc4ccc(Cl)cc4Cl)cc3)c2cc1OC. The molecular weight excluding hydrogens is 497 g/mol. The maximum absolute atomic E-state index is 12.7. The van der Waals surface area contributed by atoms with Crippen molar-refractivity contribution in [2.45, 2.75) is 4.90 Å². The van der Waals surface area contributed by atoms with E-state index in [9.17, 15) is 4.55 Å². The molecule has 1 unspecified atom stereocenters. The van der Waals surface area contributed by atoms with Crippen LogP contribution in [-0.4, -0.2) is 36.1 Å². The summed E-state index contributed by atoms with van der Waals surface area (Å²) in [7, 11) is 3.16. The summed E-state index contributed by atoms with van der Waals surface area (Å²) in [6.45, 7) is 0.251. The fourth-order valence-corrected chi connectivity index (χ4v) is 4.63. The quantitative estimate of drug-likeness (QED) is 0.235. The van der Waals surface area contributed by atoms with Crippen molar-refractivity contribution in [1.82, 2.24) is 4.98 Å². The molecule has 4 rings (SSSR count). The van der Waals surface area contributed by atoms with Gasteiger partial charge in [-0.1, -0.05) is 23.2 Å². The molecule has 0 saturated heterocycles. The molecule has 0 amide bonds. The molecule has 0 bridgehead atoms. The highest BCUT2D eigenvalue weighted by Gasteiger charge is 2.14. The van der Waals surface area contributed by atoms with Gasteiger partial charge in [0.1, 0.15) is 29.6 Å². The van der Waals surface area contributed by atoms with Crippen LogP contribution in [0.3, 0.4) is 0 Å². The van der Waals surface area contributed by atoms with Crippen LogP contribution in [0.15, 0.2) is 71.8 Å². The van der Waals surface area contributed by atoms with Gasteiger partial charge in [-0.2, -0.15) is 0 Å². The first-order chi connectivity index (χ1) is 16.5. The van der Waals surface area contributed by atoms with Crippen molar-refractivity contribution in [2.75, 3.05) is 26.6 Å².